The van der Waals surface area contributed by atoms with Crippen molar-refractivity contribution in [2.45, 2.75) is 18.8 Å². The van der Waals surface area contributed by atoms with Crippen LogP contribution in [0.2, 0.25) is 5.02 Å². The number of carboxylic acids is 1. The molecule has 0 saturated carbocycles. The Kier molecular flexibility index (Phi) is 9.09. The van der Waals surface area contributed by atoms with Gasteiger partial charge in [-0.2, -0.15) is 25.9 Å². The van der Waals surface area contributed by atoms with E-state index in [1.165, 1.54) is 17.0 Å². The summed E-state index contributed by atoms with van der Waals surface area (Å²) in [5.74, 6) is -3.50. The van der Waals surface area contributed by atoms with Gasteiger partial charge in [0, 0.05) is 20.1 Å². The topological polar surface area (TPSA) is 134 Å². The maximum atomic E-state index is 14.6. The van der Waals surface area contributed by atoms with Gasteiger partial charge in [-0.15, -0.1) is 0 Å². The second-order valence-corrected chi connectivity index (χ2v) is 10.9. The standard InChI is InChI=1S/C19H17BrClF2N5O3S.C2HF3O2/c1-27-9-24-12-4-5-13(16(20)15(12)19(27)29)25-18-11(23)2-3-14(17(18)21)26-32(30,31)28-7-6-10(22)8-28;3-2(4,5)1(6)7/h2-5,9-10,25-26H,6-8H2,1H3;(H,6,7)/t10-;/m1./s1. The van der Waals surface area contributed by atoms with Crippen molar-refractivity contribution in [1.82, 2.24) is 13.9 Å². The van der Waals surface area contributed by atoms with Crippen molar-refractivity contribution in [1.29, 1.82) is 0 Å². The molecule has 39 heavy (non-hydrogen) atoms. The molecule has 1 fully saturated rings. The zero-order valence-corrected chi connectivity index (χ0v) is 22.7. The second-order valence-electron chi connectivity index (χ2n) is 8.04. The van der Waals surface area contributed by atoms with Gasteiger partial charge in [-0.3, -0.25) is 9.52 Å². The van der Waals surface area contributed by atoms with E-state index in [-0.39, 0.29) is 46.9 Å². The quantitative estimate of drug-likeness (QED) is 0.341. The molecule has 1 aliphatic heterocycles. The van der Waals surface area contributed by atoms with Crippen LogP contribution in [0.15, 0.2) is 39.9 Å². The Balaban J connectivity index is 0.000000532. The number of benzene rings is 2. The van der Waals surface area contributed by atoms with Crippen LogP contribution in [0.5, 0.6) is 0 Å². The van der Waals surface area contributed by atoms with Crippen molar-refractivity contribution in [3.63, 3.8) is 0 Å². The third kappa shape index (κ3) is 6.95. The molecule has 3 N–H and O–H groups in total. The summed E-state index contributed by atoms with van der Waals surface area (Å²) in [4.78, 5) is 25.6. The molecule has 3 aromatic rings. The lowest BCUT2D eigenvalue weighted by Gasteiger charge is -2.19. The molecule has 212 valence electrons. The van der Waals surface area contributed by atoms with Crippen LogP contribution in [0.1, 0.15) is 6.42 Å². The number of alkyl halides is 4. The average molecular weight is 663 g/mol. The highest BCUT2D eigenvalue weighted by Crippen LogP contribution is 2.38. The van der Waals surface area contributed by atoms with Gasteiger partial charge < -0.3 is 15.0 Å². The first-order valence-electron chi connectivity index (χ1n) is 10.6. The molecule has 2 aromatic carbocycles. The molecule has 1 aliphatic rings. The minimum Gasteiger partial charge on any atom is -0.475 e. The van der Waals surface area contributed by atoms with E-state index >= 15 is 0 Å². The first kappa shape index (κ1) is 30.5. The zero-order valence-electron chi connectivity index (χ0n) is 19.6. The van der Waals surface area contributed by atoms with Crippen LogP contribution in [-0.4, -0.2) is 58.8 Å². The fourth-order valence-corrected chi connectivity index (χ4v) is 5.53. The fraction of sp³-hybridized carbons (Fsp3) is 0.286. The van der Waals surface area contributed by atoms with Crippen LogP contribution in [0.25, 0.3) is 10.9 Å². The van der Waals surface area contributed by atoms with E-state index in [9.17, 15) is 35.2 Å². The number of fused-ring (bicyclic) bond motifs is 1. The highest BCUT2D eigenvalue weighted by Gasteiger charge is 2.38. The molecule has 1 saturated heterocycles. The maximum Gasteiger partial charge on any atom is 0.490 e. The lowest BCUT2D eigenvalue weighted by Crippen LogP contribution is -2.34. The van der Waals surface area contributed by atoms with Crippen LogP contribution in [0.4, 0.5) is 39.0 Å². The van der Waals surface area contributed by atoms with Crippen LogP contribution < -0.4 is 15.6 Å². The molecular weight excluding hydrogens is 645 g/mol. The number of hydrogen-bond donors (Lipinski definition) is 3. The third-order valence-corrected chi connectivity index (χ3v) is 8.00. The Bertz CT molecular complexity index is 1590. The van der Waals surface area contributed by atoms with Gasteiger partial charge in [0.15, 0.2) is 0 Å². The summed E-state index contributed by atoms with van der Waals surface area (Å²) in [6, 6.07) is 5.39. The fourth-order valence-electron chi connectivity index (χ4n) is 3.34. The molecule has 0 amide bonds. The highest BCUT2D eigenvalue weighted by molar-refractivity contribution is 9.10. The van der Waals surface area contributed by atoms with Crippen LogP contribution >= 0.6 is 27.5 Å². The molecule has 18 heteroatoms. The molecule has 0 spiro atoms. The van der Waals surface area contributed by atoms with Gasteiger partial charge in [0.1, 0.15) is 12.0 Å². The number of carbonyl (C=O) groups is 1. The van der Waals surface area contributed by atoms with E-state index in [1.807, 2.05) is 0 Å². The molecule has 10 nitrogen and oxygen atoms in total. The molecule has 1 aromatic heterocycles. The van der Waals surface area contributed by atoms with E-state index in [4.69, 9.17) is 21.5 Å². The summed E-state index contributed by atoms with van der Waals surface area (Å²) in [6.07, 6.45) is -4.82. The molecule has 0 aliphatic carbocycles. The lowest BCUT2D eigenvalue weighted by molar-refractivity contribution is -0.192. The number of carboxylic acid groups (broad SMARTS) is 1. The van der Waals surface area contributed by atoms with Gasteiger partial charge in [0.25, 0.3) is 5.56 Å². The normalized spacial score (nSPS) is 16.1. The van der Waals surface area contributed by atoms with Crippen molar-refractivity contribution < 1.29 is 40.3 Å². The zero-order chi connectivity index (χ0) is 29.3. The summed E-state index contributed by atoms with van der Waals surface area (Å²) >= 11 is 9.67. The molecule has 4 rings (SSSR count). The van der Waals surface area contributed by atoms with Gasteiger partial charge in [-0.25, -0.2) is 18.6 Å². The number of halogens is 7. The van der Waals surface area contributed by atoms with Crippen molar-refractivity contribution in [3.05, 3.63) is 56.3 Å². The molecule has 0 bridgehead atoms. The summed E-state index contributed by atoms with van der Waals surface area (Å²) in [6.45, 7) is -0.222. The minimum absolute atomic E-state index is 0.0352. The van der Waals surface area contributed by atoms with E-state index in [2.05, 4.69) is 31.0 Å². The van der Waals surface area contributed by atoms with Gasteiger partial charge in [-0.1, -0.05) is 11.6 Å². The molecule has 0 unspecified atom stereocenters. The number of anilines is 3. The Morgan fingerprint density at radius 2 is 1.85 bits per heavy atom. The summed E-state index contributed by atoms with van der Waals surface area (Å²) < 4.78 is 89.8. The maximum absolute atomic E-state index is 14.6. The minimum atomic E-state index is -5.08. The summed E-state index contributed by atoms with van der Waals surface area (Å²) in [7, 11) is -2.52. The number of hydrogen-bond acceptors (Lipinski definition) is 6. The Morgan fingerprint density at radius 3 is 2.41 bits per heavy atom. The Morgan fingerprint density at radius 1 is 1.23 bits per heavy atom. The van der Waals surface area contributed by atoms with Crippen LogP contribution in [0.3, 0.4) is 0 Å². The van der Waals surface area contributed by atoms with Crippen molar-refractivity contribution in [3.8, 4) is 0 Å². The van der Waals surface area contributed by atoms with Crippen LogP contribution in [-0.2, 0) is 22.1 Å². The smallest absolute Gasteiger partial charge is 0.475 e. The van der Waals surface area contributed by atoms with Crippen molar-refractivity contribution in [2.75, 3.05) is 23.1 Å². The number of rotatable bonds is 5. The van der Waals surface area contributed by atoms with E-state index in [0.29, 0.717) is 15.7 Å². The number of aliphatic carboxylic acids is 1. The predicted octanol–water partition coefficient (Wildman–Crippen LogP) is 4.57. The summed E-state index contributed by atoms with van der Waals surface area (Å²) in [5.41, 5.74) is 0.179. The first-order valence-corrected chi connectivity index (χ1v) is 13.2. The van der Waals surface area contributed by atoms with Crippen molar-refractivity contribution in [2.24, 2.45) is 7.05 Å². The third-order valence-electron chi connectivity index (χ3n) is 5.29. The predicted molar refractivity (Wildman–Crippen MR) is 137 cm³/mol. The Hall–Kier alpha value is -3.02. The first-order chi connectivity index (χ1) is 18.0. The molecule has 0 radical (unpaired) electrons. The number of nitrogens with zero attached hydrogens (tertiary/aromatic N) is 3. The lowest BCUT2D eigenvalue weighted by atomic mass is 10.2. The monoisotopic (exact) mass is 661 g/mol. The van der Waals surface area contributed by atoms with Crippen LogP contribution in [0, 0.1) is 5.82 Å². The van der Waals surface area contributed by atoms with Gasteiger partial charge in [-0.05, 0) is 46.6 Å². The number of nitrogens with one attached hydrogen (secondary N) is 2. The Labute approximate surface area is 230 Å². The van der Waals surface area contributed by atoms with E-state index in [1.54, 1.807) is 19.2 Å². The van der Waals surface area contributed by atoms with Gasteiger partial charge in [0.2, 0.25) is 0 Å². The molecular formula is C21H18BrClF5N5O5S. The molecule has 2 heterocycles. The molecule has 1 atom stereocenters. The largest absolute Gasteiger partial charge is 0.490 e. The summed E-state index contributed by atoms with van der Waals surface area (Å²) in [5, 5.41) is 9.99. The van der Waals surface area contributed by atoms with E-state index < -0.39 is 34.3 Å². The van der Waals surface area contributed by atoms with Crippen molar-refractivity contribution >= 4 is 71.7 Å². The van der Waals surface area contributed by atoms with Gasteiger partial charge in [0.05, 0.1) is 43.8 Å². The highest BCUT2D eigenvalue weighted by atomic mass is 79.9. The SMILES string of the molecule is Cn1cnc2ccc(Nc3c(F)ccc(NS(=O)(=O)N4CC[C@@H](F)C4)c3Cl)c(Br)c2c1=O.O=C(O)C(F)(F)F. The number of aryl methyl sites for hydroxylation is 1. The van der Waals surface area contributed by atoms with Gasteiger partial charge >= 0.3 is 22.4 Å². The number of aromatic nitrogens is 2. The van der Waals surface area contributed by atoms with E-state index in [0.717, 1.165) is 10.4 Å². The second kappa shape index (κ2) is 11.6. The average Bonchev–Trinajstić information content (AvgIpc) is 3.29.